The maximum absolute atomic E-state index is 11.7. The summed E-state index contributed by atoms with van der Waals surface area (Å²) < 4.78 is 16.5. The van der Waals surface area contributed by atoms with Crippen molar-refractivity contribution >= 4 is 5.91 Å². The highest BCUT2D eigenvalue weighted by atomic mass is 16.5. The first-order valence-electron chi connectivity index (χ1n) is 9.48. The van der Waals surface area contributed by atoms with Gasteiger partial charge in [-0.1, -0.05) is 12.8 Å². The summed E-state index contributed by atoms with van der Waals surface area (Å²) in [5, 5.41) is 11.3. The van der Waals surface area contributed by atoms with Crippen molar-refractivity contribution in [3.05, 3.63) is 17.7 Å². The zero-order valence-electron chi connectivity index (χ0n) is 16.4. The molecule has 0 bridgehead atoms. The number of hydrogen-bond acceptors (Lipinski definition) is 6. The fraction of sp³-hybridized carbons (Fsp3) is 0.650. The molecule has 0 aromatic heterocycles. The second-order valence-electron chi connectivity index (χ2n) is 7.55. The SMILES string of the molecule is COc1cc([C@H]2[C@@H]3CCCC[C@@]3(O)CCN2CC(N)=O)cc(OC)c1OC. The zero-order valence-corrected chi connectivity index (χ0v) is 16.4. The molecule has 0 radical (unpaired) electrons. The lowest BCUT2D eigenvalue weighted by molar-refractivity contribution is -0.136. The molecule has 7 nitrogen and oxygen atoms in total. The molecule has 0 spiro atoms. The summed E-state index contributed by atoms with van der Waals surface area (Å²) in [5.41, 5.74) is 5.74. The molecule has 3 rings (SSSR count). The van der Waals surface area contributed by atoms with Crippen LogP contribution in [0.2, 0.25) is 0 Å². The van der Waals surface area contributed by atoms with Crippen LogP contribution >= 0.6 is 0 Å². The number of benzene rings is 1. The van der Waals surface area contributed by atoms with Crippen molar-refractivity contribution in [1.29, 1.82) is 0 Å². The Kier molecular flexibility index (Phi) is 5.81. The van der Waals surface area contributed by atoms with Gasteiger partial charge in [0, 0.05) is 18.5 Å². The maximum Gasteiger partial charge on any atom is 0.231 e. The van der Waals surface area contributed by atoms with E-state index in [1.807, 2.05) is 12.1 Å². The molecule has 7 heteroatoms. The first-order chi connectivity index (χ1) is 12.9. The monoisotopic (exact) mass is 378 g/mol. The lowest BCUT2D eigenvalue weighted by Gasteiger charge is -2.52. The Hall–Kier alpha value is -1.99. The van der Waals surface area contributed by atoms with Gasteiger partial charge in [0.2, 0.25) is 11.7 Å². The highest BCUT2D eigenvalue weighted by Crippen LogP contribution is 2.51. The number of rotatable bonds is 6. The lowest BCUT2D eigenvalue weighted by atomic mass is 9.66. The van der Waals surface area contributed by atoms with E-state index in [0.29, 0.717) is 30.2 Å². The smallest absolute Gasteiger partial charge is 0.231 e. The minimum Gasteiger partial charge on any atom is -0.493 e. The predicted octanol–water partition coefficient (Wildman–Crippen LogP) is 1.87. The minimum absolute atomic E-state index is 0.0298. The van der Waals surface area contributed by atoms with Crippen LogP contribution in [0.3, 0.4) is 0 Å². The van der Waals surface area contributed by atoms with Crippen LogP contribution in [0.15, 0.2) is 12.1 Å². The number of carbonyl (C=O) groups is 1. The van der Waals surface area contributed by atoms with Gasteiger partial charge in [-0.2, -0.15) is 0 Å². The van der Waals surface area contributed by atoms with Crippen LogP contribution in [0.5, 0.6) is 17.2 Å². The van der Waals surface area contributed by atoms with Crippen LogP contribution in [-0.2, 0) is 4.79 Å². The number of methoxy groups -OCH3 is 3. The molecule has 0 unspecified atom stereocenters. The predicted molar refractivity (Wildman–Crippen MR) is 101 cm³/mol. The molecule has 1 aliphatic carbocycles. The zero-order chi connectivity index (χ0) is 19.6. The summed E-state index contributed by atoms with van der Waals surface area (Å²) in [5.74, 6) is 1.32. The third-order valence-corrected chi connectivity index (χ3v) is 6.06. The fourth-order valence-electron chi connectivity index (χ4n) is 4.84. The normalized spacial score (nSPS) is 28.3. The lowest BCUT2D eigenvalue weighted by Crippen LogP contribution is -2.56. The number of ether oxygens (including phenoxy) is 3. The van der Waals surface area contributed by atoms with E-state index in [1.165, 1.54) is 0 Å². The van der Waals surface area contributed by atoms with E-state index in [-0.39, 0.29) is 24.4 Å². The Balaban J connectivity index is 2.09. The highest BCUT2D eigenvalue weighted by molar-refractivity contribution is 5.76. The number of nitrogens with zero attached hydrogens (tertiary/aromatic N) is 1. The minimum atomic E-state index is -0.711. The van der Waals surface area contributed by atoms with E-state index >= 15 is 0 Å². The van der Waals surface area contributed by atoms with Gasteiger partial charge in [-0.05, 0) is 37.0 Å². The number of primary amides is 1. The van der Waals surface area contributed by atoms with Crippen molar-refractivity contribution in [3.8, 4) is 17.2 Å². The highest BCUT2D eigenvalue weighted by Gasteiger charge is 2.49. The van der Waals surface area contributed by atoms with E-state index in [0.717, 1.165) is 31.2 Å². The average molecular weight is 378 g/mol. The number of piperidine rings is 1. The average Bonchev–Trinajstić information content (AvgIpc) is 2.66. The molecule has 3 N–H and O–H groups in total. The van der Waals surface area contributed by atoms with Crippen LogP contribution < -0.4 is 19.9 Å². The standard InChI is InChI=1S/C20H30N2O5/c1-25-15-10-13(11-16(26-2)19(15)27-3)18-14-6-4-5-7-20(14,24)8-9-22(18)12-17(21)23/h10-11,14,18,24H,4-9,12H2,1-3H3,(H2,21,23)/t14-,18-,20+/m0/s1. The number of fused-ring (bicyclic) bond motifs is 1. The third-order valence-electron chi connectivity index (χ3n) is 6.06. The molecular formula is C20H30N2O5. The topological polar surface area (TPSA) is 94.2 Å². The number of nitrogens with two attached hydrogens (primary N) is 1. The molecule has 1 aliphatic heterocycles. The molecule has 1 aromatic rings. The van der Waals surface area contributed by atoms with Gasteiger partial charge in [0.1, 0.15) is 0 Å². The Bertz CT molecular complexity index is 670. The maximum atomic E-state index is 11.7. The number of aliphatic hydroxyl groups is 1. The second kappa shape index (κ2) is 7.94. The van der Waals surface area contributed by atoms with Crippen LogP contribution in [0, 0.1) is 5.92 Å². The van der Waals surface area contributed by atoms with Crippen molar-refractivity contribution in [2.45, 2.75) is 43.7 Å². The molecule has 2 fully saturated rings. The first kappa shape index (κ1) is 19.8. The van der Waals surface area contributed by atoms with Gasteiger partial charge in [0.25, 0.3) is 0 Å². The molecule has 1 saturated carbocycles. The van der Waals surface area contributed by atoms with Gasteiger partial charge in [-0.3, -0.25) is 9.69 Å². The van der Waals surface area contributed by atoms with Gasteiger partial charge in [0.15, 0.2) is 11.5 Å². The molecular weight excluding hydrogens is 348 g/mol. The molecule has 27 heavy (non-hydrogen) atoms. The van der Waals surface area contributed by atoms with Crippen molar-refractivity contribution in [2.24, 2.45) is 11.7 Å². The summed E-state index contributed by atoms with van der Waals surface area (Å²) in [4.78, 5) is 13.8. The van der Waals surface area contributed by atoms with Crippen LogP contribution in [0.4, 0.5) is 0 Å². The second-order valence-corrected chi connectivity index (χ2v) is 7.55. The Morgan fingerprint density at radius 1 is 1.19 bits per heavy atom. The molecule has 150 valence electrons. The van der Waals surface area contributed by atoms with Crippen molar-refractivity contribution < 1.29 is 24.1 Å². The van der Waals surface area contributed by atoms with Crippen LogP contribution in [0.25, 0.3) is 0 Å². The first-order valence-corrected chi connectivity index (χ1v) is 9.48. The number of amides is 1. The van der Waals surface area contributed by atoms with Crippen LogP contribution in [0.1, 0.15) is 43.7 Å². The summed E-state index contributed by atoms with van der Waals surface area (Å²) in [6.07, 6.45) is 4.46. The third kappa shape index (κ3) is 3.71. The molecule has 1 aromatic carbocycles. The van der Waals surface area contributed by atoms with Crippen molar-refractivity contribution in [3.63, 3.8) is 0 Å². The van der Waals surface area contributed by atoms with Gasteiger partial charge in [0.05, 0.1) is 33.5 Å². The Morgan fingerprint density at radius 3 is 2.41 bits per heavy atom. The fourth-order valence-corrected chi connectivity index (χ4v) is 4.84. The number of likely N-dealkylation sites (tertiary alicyclic amines) is 1. The van der Waals surface area contributed by atoms with Crippen molar-refractivity contribution in [1.82, 2.24) is 4.90 Å². The van der Waals surface area contributed by atoms with Gasteiger partial charge in [-0.25, -0.2) is 0 Å². The van der Waals surface area contributed by atoms with E-state index in [4.69, 9.17) is 19.9 Å². The van der Waals surface area contributed by atoms with Gasteiger partial charge < -0.3 is 25.1 Å². The Morgan fingerprint density at radius 2 is 1.85 bits per heavy atom. The summed E-state index contributed by atoms with van der Waals surface area (Å²) in [7, 11) is 4.74. The number of hydrogen-bond donors (Lipinski definition) is 2. The Labute approximate surface area is 160 Å². The van der Waals surface area contributed by atoms with E-state index in [2.05, 4.69) is 4.90 Å². The summed E-state index contributed by atoms with van der Waals surface area (Å²) >= 11 is 0. The molecule has 3 atom stereocenters. The van der Waals surface area contributed by atoms with Gasteiger partial charge >= 0.3 is 0 Å². The largest absolute Gasteiger partial charge is 0.493 e. The van der Waals surface area contributed by atoms with E-state index in [1.54, 1.807) is 21.3 Å². The quantitative estimate of drug-likeness (QED) is 0.785. The molecule has 1 saturated heterocycles. The number of carbonyl (C=O) groups excluding carboxylic acids is 1. The summed E-state index contributed by atoms with van der Waals surface area (Å²) in [6, 6.07) is 3.70. The van der Waals surface area contributed by atoms with Gasteiger partial charge in [-0.15, -0.1) is 0 Å². The van der Waals surface area contributed by atoms with Crippen LogP contribution in [-0.4, -0.2) is 55.9 Å². The molecule has 1 amide bonds. The van der Waals surface area contributed by atoms with Crippen molar-refractivity contribution in [2.75, 3.05) is 34.4 Å². The van der Waals surface area contributed by atoms with E-state index < -0.39 is 5.60 Å². The molecule has 1 heterocycles. The summed E-state index contributed by atoms with van der Waals surface area (Å²) in [6.45, 7) is 0.783. The van der Waals surface area contributed by atoms with E-state index in [9.17, 15) is 9.90 Å². The molecule has 2 aliphatic rings.